The Kier molecular flexibility index (Phi) is 7.57. The maximum absolute atomic E-state index is 5.88. The highest BCUT2D eigenvalue weighted by atomic mass is 35.5. The molecule has 0 aliphatic heterocycles. The fourth-order valence-corrected chi connectivity index (χ4v) is 2.11. The van der Waals surface area contributed by atoms with E-state index in [1.165, 1.54) is 0 Å². The fraction of sp³-hybridized carbons (Fsp3) is 0.333. The van der Waals surface area contributed by atoms with Crippen molar-refractivity contribution in [2.24, 2.45) is 0 Å². The van der Waals surface area contributed by atoms with Crippen LogP contribution in [0.15, 0.2) is 48.5 Å². The summed E-state index contributed by atoms with van der Waals surface area (Å²) in [6.45, 7) is 4.46. The summed E-state index contributed by atoms with van der Waals surface area (Å²) in [6.07, 6.45) is 0. The number of benzene rings is 2. The highest BCUT2D eigenvalue weighted by Crippen LogP contribution is 2.26. The minimum Gasteiger partial charge on any atom is -0.491 e. The Morgan fingerprint density at radius 1 is 0.783 bits per heavy atom. The van der Waals surface area contributed by atoms with Crippen LogP contribution in [0, 0.1) is 0 Å². The second-order valence-corrected chi connectivity index (χ2v) is 5.08. The quantitative estimate of drug-likeness (QED) is 0.609. The Labute approximate surface area is 141 Å². The van der Waals surface area contributed by atoms with Gasteiger partial charge in [0.1, 0.15) is 19.0 Å². The van der Waals surface area contributed by atoms with Gasteiger partial charge in [-0.3, -0.25) is 0 Å². The minimum absolute atomic E-state index is 0.460. The summed E-state index contributed by atoms with van der Waals surface area (Å²) in [5.74, 6) is 2.22. The Morgan fingerprint density at radius 3 is 2.17 bits per heavy atom. The number of halogens is 1. The molecule has 2 rings (SSSR count). The Balaban J connectivity index is 1.59. The van der Waals surface area contributed by atoms with E-state index in [0.717, 1.165) is 17.2 Å². The zero-order valence-corrected chi connectivity index (χ0v) is 13.9. The molecule has 0 bridgehead atoms. The Hall–Kier alpha value is -1.91. The molecule has 23 heavy (non-hydrogen) atoms. The van der Waals surface area contributed by atoms with Gasteiger partial charge in [-0.05, 0) is 37.3 Å². The third-order valence-electron chi connectivity index (χ3n) is 2.93. The van der Waals surface area contributed by atoms with Crippen LogP contribution in [-0.2, 0) is 4.74 Å². The van der Waals surface area contributed by atoms with Gasteiger partial charge < -0.3 is 18.9 Å². The lowest BCUT2D eigenvalue weighted by molar-refractivity contribution is 0.0755. The summed E-state index contributed by atoms with van der Waals surface area (Å²) in [7, 11) is 0. The number of hydrogen-bond donors (Lipinski definition) is 0. The van der Waals surface area contributed by atoms with Crippen molar-refractivity contribution in [3.8, 4) is 17.2 Å². The molecule has 0 radical (unpaired) electrons. The molecular weight excluding hydrogens is 316 g/mol. The first kappa shape index (κ1) is 17.4. The molecule has 2 aromatic rings. The number of rotatable bonds is 10. The molecule has 0 heterocycles. The molecule has 0 aliphatic rings. The van der Waals surface area contributed by atoms with Crippen LogP contribution in [0.5, 0.6) is 17.2 Å². The first-order valence-corrected chi connectivity index (χ1v) is 7.98. The van der Waals surface area contributed by atoms with E-state index in [2.05, 4.69) is 0 Å². The molecule has 2 aromatic carbocycles. The van der Waals surface area contributed by atoms with Crippen molar-refractivity contribution >= 4 is 11.6 Å². The molecule has 0 saturated carbocycles. The second-order valence-electron chi connectivity index (χ2n) is 4.65. The molecule has 0 atom stereocenters. The lowest BCUT2D eigenvalue weighted by Gasteiger charge is -2.12. The van der Waals surface area contributed by atoms with E-state index in [1.807, 2.05) is 49.4 Å². The molecule has 0 unspecified atom stereocenters. The highest BCUT2D eigenvalue weighted by molar-refractivity contribution is 6.30. The van der Waals surface area contributed by atoms with Crippen LogP contribution in [0.4, 0.5) is 0 Å². The van der Waals surface area contributed by atoms with Gasteiger partial charge in [-0.25, -0.2) is 0 Å². The Bertz CT molecular complexity index is 589. The zero-order valence-electron chi connectivity index (χ0n) is 13.2. The largest absolute Gasteiger partial charge is 0.491 e. The van der Waals surface area contributed by atoms with Gasteiger partial charge in [0, 0.05) is 5.02 Å². The van der Waals surface area contributed by atoms with Gasteiger partial charge >= 0.3 is 0 Å². The molecule has 0 aliphatic carbocycles. The van der Waals surface area contributed by atoms with Gasteiger partial charge in [0.05, 0.1) is 19.8 Å². The topological polar surface area (TPSA) is 36.9 Å². The Morgan fingerprint density at radius 2 is 1.48 bits per heavy atom. The number of hydrogen-bond acceptors (Lipinski definition) is 4. The van der Waals surface area contributed by atoms with E-state index in [0.29, 0.717) is 38.1 Å². The lowest BCUT2D eigenvalue weighted by Crippen LogP contribution is -2.12. The van der Waals surface area contributed by atoms with E-state index >= 15 is 0 Å². The van der Waals surface area contributed by atoms with Gasteiger partial charge in [0.2, 0.25) is 0 Å². The van der Waals surface area contributed by atoms with E-state index in [4.69, 9.17) is 30.5 Å². The van der Waals surface area contributed by atoms with Crippen LogP contribution in [0.2, 0.25) is 5.02 Å². The molecule has 0 fully saturated rings. The summed E-state index contributed by atoms with van der Waals surface area (Å²) in [5.41, 5.74) is 0. The summed E-state index contributed by atoms with van der Waals surface area (Å²) in [5, 5.41) is 0.657. The third-order valence-corrected chi connectivity index (χ3v) is 3.16. The monoisotopic (exact) mass is 336 g/mol. The minimum atomic E-state index is 0.460. The molecule has 0 spiro atoms. The second kappa shape index (κ2) is 9.98. The SMILES string of the molecule is CCOc1ccccc1OCCOCCOc1cccc(Cl)c1. The van der Waals surface area contributed by atoms with Crippen molar-refractivity contribution < 1.29 is 18.9 Å². The van der Waals surface area contributed by atoms with E-state index in [1.54, 1.807) is 6.07 Å². The highest BCUT2D eigenvalue weighted by Gasteiger charge is 2.03. The molecular formula is C18H21ClO4. The predicted molar refractivity (Wildman–Crippen MR) is 90.9 cm³/mol. The summed E-state index contributed by atoms with van der Waals surface area (Å²) in [6, 6.07) is 14.9. The van der Waals surface area contributed by atoms with E-state index < -0.39 is 0 Å². The lowest BCUT2D eigenvalue weighted by atomic mass is 10.3. The summed E-state index contributed by atoms with van der Waals surface area (Å²) >= 11 is 5.88. The van der Waals surface area contributed by atoms with Crippen LogP contribution in [-0.4, -0.2) is 33.0 Å². The van der Waals surface area contributed by atoms with Crippen molar-refractivity contribution in [3.05, 3.63) is 53.6 Å². The van der Waals surface area contributed by atoms with Crippen molar-refractivity contribution in [3.63, 3.8) is 0 Å². The average Bonchev–Trinajstić information content (AvgIpc) is 2.56. The first-order chi connectivity index (χ1) is 11.3. The van der Waals surface area contributed by atoms with Gasteiger partial charge in [-0.1, -0.05) is 29.8 Å². The maximum atomic E-state index is 5.88. The number of ether oxygens (including phenoxy) is 4. The molecule has 0 aromatic heterocycles. The summed E-state index contributed by atoms with van der Waals surface area (Å²) in [4.78, 5) is 0. The van der Waals surface area contributed by atoms with Gasteiger partial charge in [-0.2, -0.15) is 0 Å². The molecule has 0 amide bonds. The zero-order chi connectivity index (χ0) is 16.3. The predicted octanol–water partition coefficient (Wildman–Crippen LogP) is 4.21. The van der Waals surface area contributed by atoms with Crippen molar-refractivity contribution in [1.29, 1.82) is 0 Å². The van der Waals surface area contributed by atoms with Gasteiger partial charge in [-0.15, -0.1) is 0 Å². The average molecular weight is 337 g/mol. The standard InChI is InChI=1S/C18H21ClO4/c1-2-21-17-8-3-4-9-18(17)23-13-11-20-10-12-22-16-7-5-6-15(19)14-16/h3-9,14H,2,10-13H2,1H3. The molecule has 5 heteroatoms. The fourth-order valence-electron chi connectivity index (χ4n) is 1.93. The maximum Gasteiger partial charge on any atom is 0.161 e. The van der Waals surface area contributed by atoms with E-state index in [9.17, 15) is 0 Å². The van der Waals surface area contributed by atoms with Gasteiger partial charge in [0.15, 0.2) is 11.5 Å². The van der Waals surface area contributed by atoms with Crippen LogP contribution in [0.1, 0.15) is 6.92 Å². The molecule has 0 N–H and O–H groups in total. The van der Waals surface area contributed by atoms with Crippen molar-refractivity contribution in [1.82, 2.24) is 0 Å². The smallest absolute Gasteiger partial charge is 0.161 e. The first-order valence-electron chi connectivity index (χ1n) is 7.60. The van der Waals surface area contributed by atoms with Crippen molar-refractivity contribution in [2.75, 3.05) is 33.0 Å². The summed E-state index contributed by atoms with van der Waals surface area (Å²) < 4.78 is 22.2. The van der Waals surface area contributed by atoms with Crippen LogP contribution in [0.3, 0.4) is 0 Å². The van der Waals surface area contributed by atoms with Gasteiger partial charge in [0.25, 0.3) is 0 Å². The normalized spacial score (nSPS) is 10.3. The third kappa shape index (κ3) is 6.38. The molecule has 4 nitrogen and oxygen atoms in total. The van der Waals surface area contributed by atoms with Crippen LogP contribution in [0.25, 0.3) is 0 Å². The molecule has 0 saturated heterocycles. The van der Waals surface area contributed by atoms with Crippen LogP contribution < -0.4 is 14.2 Å². The van der Waals surface area contributed by atoms with Crippen molar-refractivity contribution in [2.45, 2.75) is 6.92 Å². The van der Waals surface area contributed by atoms with Crippen LogP contribution >= 0.6 is 11.6 Å². The van der Waals surface area contributed by atoms with E-state index in [-0.39, 0.29) is 0 Å². The number of para-hydroxylation sites is 2. The molecule has 124 valence electrons.